The van der Waals surface area contributed by atoms with Crippen molar-refractivity contribution in [1.29, 1.82) is 0 Å². The average Bonchev–Trinajstić information content (AvgIpc) is 2.69. The first kappa shape index (κ1) is 19.4. The lowest BCUT2D eigenvalue weighted by molar-refractivity contribution is 0.358. The summed E-state index contributed by atoms with van der Waals surface area (Å²) >= 11 is 0. The quantitative estimate of drug-likeness (QED) is 0.411. The van der Waals surface area contributed by atoms with Gasteiger partial charge in [0.15, 0.2) is 5.96 Å². The highest BCUT2D eigenvalue weighted by atomic mass is 16.5. The first-order valence-corrected chi connectivity index (χ1v) is 8.73. The van der Waals surface area contributed by atoms with E-state index in [-0.39, 0.29) is 0 Å². The Morgan fingerprint density at radius 2 is 1.88 bits per heavy atom. The Balaban J connectivity index is 1.99. The van der Waals surface area contributed by atoms with Crippen molar-refractivity contribution in [3.05, 3.63) is 72.3 Å². The van der Waals surface area contributed by atoms with Crippen molar-refractivity contribution >= 4 is 5.96 Å². The zero-order chi connectivity index (χ0) is 18.6. The van der Waals surface area contributed by atoms with E-state index in [0.717, 1.165) is 35.1 Å². The predicted octanol–water partition coefficient (Wildman–Crippen LogP) is 3.52. The van der Waals surface area contributed by atoms with E-state index in [0.29, 0.717) is 19.7 Å². The monoisotopic (exact) mass is 353 g/mol. The summed E-state index contributed by atoms with van der Waals surface area (Å²) in [5.41, 5.74) is 2.20. The largest absolute Gasteiger partial charge is 0.497 e. The van der Waals surface area contributed by atoms with Crippen molar-refractivity contribution in [2.45, 2.75) is 20.0 Å². The minimum absolute atomic E-state index is 0.489. The van der Waals surface area contributed by atoms with Gasteiger partial charge in [-0.1, -0.05) is 43.0 Å². The normalized spacial score (nSPS) is 10.9. The van der Waals surface area contributed by atoms with Crippen LogP contribution in [0.2, 0.25) is 0 Å². The van der Waals surface area contributed by atoms with E-state index in [4.69, 9.17) is 9.47 Å². The Labute approximate surface area is 155 Å². The smallest absolute Gasteiger partial charge is 0.191 e. The average molecular weight is 353 g/mol. The number of hydrogen-bond donors (Lipinski definition) is 2. The molecule has 138 valence electrons. The molecule has 5 heteroatoms. The lowest BCUT2D eigenvalue weighted by atomic mass is 10.2. The molecule has 0 saturated carbocycles. The topological polar surface area (TPSA) is 54.9 Å². The number of nitrogens with zero attached hydrogens (tertiary/aromatic N) is 1. The van der Waals surface area contributed by atoms with Gasteiger partial charge in [-0.3, -0.25) is 0 Å². The van der Waals surface area contributed by atoms with Crippen LogP contribution >= 0.6 is 0 Å². The van der Waals surface area contributed by atoms with Gasteiger partial charge in [-0.25, -0.2) is 4.99 Å². The van der Waals surface area contributed by atoms with Crippen molar-refractivity contribution < 1.29 is 9.47 Å². The first-order valence-electron chi connectivity index (χ1n) is 8.73. The molecule has 2 aromatic rings. The number of methoxy groups -OCH3 is 1. The minimum atomic E-state index is 0.489. The van der Waals surface area contributed by atoms with Crippen LogP contribution in [0, 0.1) is 0 Å². The van der Waals surface area contributed by atoms with Crippen LogP contribution in [0.1, 0.15) is 18.1 Å². The van der Waals surface area contributed by atoms with Crippen LogP contribution in [0.4, 0.5) is 0 Å². The number of ether oxygens (including phenoxy) is 2. The fraction of sp³-hybridized carbons (Fsp3) is 0.286. The number of nitrogens with one attached hydrogen (secondary N) is 2. The number of guanidine groups is 1. The molecule has 5 nitrogen and oxygen atoms in total. The molecule has 2 rings (SSSR count). The molecule has 0 radical (unpaired) electrons. The molecule has 0 spiro atoms. The Morgan fingerprint density at radius 3 is 2.58 bits per heavy atom. The molecule has 0 aliphatic rings. The molecule has 0 bridgehead atoms. The van der Waals surface area contributed by atoms with Crippen molar-refractivity contribution in [3.8, 4) is 11.5 Å². The number of aliphatic imine (C=N–C) groups is 1. The van der Waals surface area contributed by atoms with Gasteiger partial charge in [0.2, 0.25) is 0 Å². The molecule has 0 atom stereocenters. The zero-order valence-electron chi connectivity index (χ0n) is 15.5. The maximum absolute atomic E-state index is 5.70. The van der Waals surface area contributed by atoms with E-state index in [1.54, 1.807) is 13.2 Å². The Bertz CT molecular complexity index is 711. The molecule has 2 N–H and O–H groups in total. The highest BCUT2D eigenvalue weighted by molar-refractivity contribution is 5.79. The third-order valence-electron chi connectivity index (χ3n) is 3.70. The summed E-state index contributed by atoms with van der Waals surface area (Å²) in [5.74, 6) is 2.46. The third kappa shape index (κ3) is 6.16. The van der Waals surface area contributed by atoms with Gasteiger partial charge in [0.05, 0.1) is 13.7 Å². The van der Waals surface area contributed by atoms with E-state index < -0.39 is 0 Å². The lowest BCUT2D eigenvalue weighted by Crippen LogP contribution is -2.36. The molecule has 0 saturated heterocycles. The van der Waals surface area contributed by atoms with Crippen LogP contribution in [0.25, 0.3) is 0 Å². The number of para-hydroxylation sites is 1. The molecule has 0 amide bonds. The summed E-state index contributed by atoms with van der Waals surface area (Å²) in [7, 11) is 1.66. The molecule has 0 aliphatic carbocycles. The highest BCUT2D eigenvalue weighted by Gasteiger charge is 2.04. The molecule has 0 fully saturated rings. The second-order valence-electron chi connectivity index (χ2n) is 5.60. The Morgan fingerprint density at radius 1 is 1.12 bits per heavy atom. The molecule has 2 aromatic carbocycles. The summed E-state index contributed by atoms with van der Waals surface area (Å²) in [5, 5.41) is 6.62. The molecule has 0 aliphatic heterocycles. The van der Waals surface area contributed by atoms with E-state index in [1.165, 1.54) is 0 Å². The summed E-state index contributed by atoms with van der Waals surface area (Å²) in [6, 6.07) is 15.9. The SMILES string of the molecule is C=CCOc1ccccc1CNC(=NCc1ccc(OC)cc1)NCC. The third-order valence-corrected chi connectivity index (χ3v) is 3.70. The van der Waals surface area contributed by atoms with Crippen molar-refractivity contribution in [3.63, 3.8) is 0 Å². The molecule has 0 aromatic heterocycles. The van der Waals surface area contributed by atoms with Gasteiger partial charge in [-0.2, -0.15) is 0 Å². The standard InChI is InChI=1S/C21H27N3O2/c1-4-14-26-20-9-7-6-8-18(20)16-24-21(22-5-2)23-15-17-10-12-19(25-3)13-11-17/h4,6-13H,1,5,14-16H2,2-3H3,(H2,22,23,24). The van der Waals surface area contributed by atoms with Crippen LogP contribution in [0.3, 0.4) is 0 Å². The second kappa shape index (κ2) is 10.8. The van der Waals surface area contributed by atoms with Crippen LogP contribution in [0.5, 0.6) is 11.5 Å². The van der Waals surface area contributed by atoms with Gasteiger partial charge in [0.25, 0.3) is 0 Å². The van der Waals surface area contributed by atoms with E-state index >= 15 is 0 Å². The lowest BCUT2D eigenvalue weighted by Gasteiger charge is -2.14. The van der Waals surface area contributed by atoms with Gasteiger partial charge in [-0.05, 0) is 30.7 Å². The summed E-state index contributed by atoms with van der Waals surface area (Å²) in [6.07, 6.45) is 1.74. The van der Waals surface area contributed by atoms with Crippen LogP contribution in [-0.2, 0) is 13.1 Å². The molecule has 0 unspecified atom stereocenters. The number of benzene rings is 2. The van der Waals surface area contributed by atoms with Crippen molar-refractivity contribution in [2.24, 2.45) is 4.99 Å². The fourth-order valence-corrected chi connectivity index (χ4v) is 2.36. The van der Waals surface area contributed by atoms with Gasteiger partial charge >= 0.3 is 0 Å². The maximum atomic E-state index is 5.70. The first-order chi connectivity index (χ1) is 12.8. The van der Waals surface area contributed by atoms with Crippen molar-refractivity contribution in [2.75, 3.05) is 20.3 Å². The number of hydrogen-bond acceptors (Lipinski definition) is 3. The minimum Gasteiger partial charge on any atom is -0.497 e. The zero-order valence-corrected chi connectivity index (χ0v) is 15.5. The van der Waals surface area contributed by atoms with Gasteiger partial charge in [-0.15, -0.1) is 0 Å². The van der Waals surface area contributed by atoms with E-state index in [2.05, 4.69) is 22.2 Å². The van der Waals surface area contributed by atoms with Crippen molar-refractivity contribution in [1.82, 2.24) is 10.6 Å². The van der Waals surface area contributed by atoms with Gasteiger partial charge < -0.3 is 20.1 Å². The number of rotatable bonds is 9. The van der Waals surface area contributed by atoms with E-state index in [9.17, 15) is 0 Å². The van der Waals surface area contributed by atoms with Gasteiger partial charge in [0.1, 0.15) is 18.1 Å². The highest BCUT2D eigenvalue weighted by Crippen LogP contribution is 2.17. The summed E-state index contributed by atoms with van der Waals surface area (Å²) < 4.78 is 10.9. The molecular weight excluding hydrogens is 326 g/mol. The Kier molecular flexibility index (Phi) is 8.06. The summed E-state index contributed by atoms with van der Waals surface area (Å²) in [4.78, 5) is 4.64. The maximum Gasteiger partial charge on any atom is 0.191 e. The van der Waals surface area contributed by atoms with Crippen LogP contribution in [0.15, 0.2) is 66.2 Å². The Hall–Kier alpha value is -2.95. The van der Waals surface area contributed by atoms with E-state index in [1.807, 2.05) is 55.5 Å². The predicted molar refractivity (Wildman–Crippen MR) is 107 cm³/mol. The molecule has 0 heterocycles. The molecule has 26 heavy (non-hydrogen) atoms. The van der Waals surface area contributed by atoms with Gasteiger partial charge in [0, 0.05) is 18.7 Å². The van der Waals surface area contributed by atoms with Crippen LogP contribution in [-0.4, -0.2) is 26.2 Å². The van der Waals surface area contributed by atoms with Crippen LogP contribution < -0.4 is 20.1 Å². The molecular formula is C21H27N3O2. The second-order valence-corrected chi connectivity index (χ2v) is 5.60. The summed E-state index contributed by atoms with van der Waals surface area (Å²) in [6.45, 7) is 8.24. The fourth-order valence-electron chi connectivity index (χ4n) is 2.36.